The Morgan fingerprint density at radius 1 is 1.21 bits per heavy atom. The van der Waals surface area contributed by atoms with E-state index >= 15 is 0 Å². The van der Waals surface area contributed by atoms with Gasteiger partial charge in [-0.3, -0.25) is 9.80 Å². The summed E-state index contributed by atoms with van der Waals surface area (Å²) in [4.78, 5) is 23.9. The number of aromatic carboxylic acids is 1. The van der Waals surface area contributed by atoms with Crippen molar-refractivity contribution in [2.45, 2.75) is 30.5 Å². The SMILES string of the molecule is CCN1NNC(SC2CCc3ccccc3NC2=O)N1c1ccc(C(=O)O)cc1. The van der Waals surface area contributed by atoms with E-state index in [1.165, 1.54) is 11.8 Å². The van der Waals surface area contributed by atoms with E-state index in [0.717, 1.165) is 29.8 Å². The summed E-state index contributed by atoms with van der Waals surface area (Å²) in [5.41, 5.74) is 9.23. The average Bonchev–Trinajstić information content (AvgIpc) is 3.07. The molecule has 2 atom stereocenters. The summed E-state index contributed by atoms with van der Waals surface area (Å²) in [7, 11) is 0. The number of hydrogen-bond acceptors (Lipinski definition) is 7. The number of fused-ring (bicyclic) bond motifs is 1. The van der Waals surface area contributed by atoms with E-state index in [9.17, 15) is 9.59 Å². The number of carboxylic acid groups (broad SMARTS) is 1. The summed E-state index contributed by atoms with van der Waals surface area (Å²) >= 11 is 1.54. The van der Waals surface area contributed by atoms with Crippen LogP contribution in [0.5, 0.6) is 0 Å². The molecule has 2 unspecified atom stereocenters. The van der Waals surface area contributed by atoms with Crippen molar-refractivity contribution in [2.75, 3.05) is 16.9 Å². The molecule has 2 aromatic rings. The number of thioether (sulfide) groups is 1. The Morgan fingerprint density at radius 2 is 1.97 bits per heavy atom. The summed E-state index contributed by atoms with van der Waals surface area (Å²) in [6.07, 6.45) is 1.57. The second-order valence-corrected chi connectivity index (χ2v) is 8.12. The van der Waals surface area contributed by atoms with Gasteiger partial charge in [0.1, 0.15) is 0 Å². The van der Waals surface area contributed by atoms with Crippen molar-refractivity contribution >= 4 is 35.0 Å². The van der Waals surface area contributed by atoms with Crippen molar-refractivity contribution < 1.29 is 14.7 Å². The number of carboxylic acids is 1. The molecular formula is C20H23N5O3S. The number of hydrogen-bond donors (Lipinski definition) is 4. The van der Waals surface area contributed by atoms with Gasteiger partial charge in [0, 0.05) is 12.2 Å². The third-order valence-electron chi connectivity index (χ3n) is 5.01. The molecule has 1 fully saturated rings. The number of anilines is 2. The van der Waals surface area contributed by atoms with Gasteiger partial charge >= 0.3 is 5.97 Å². The second-order valence-electron chi connectivity index (χ2n) is 6.83. The van der Waals surface area contributed by atoms with Crippen LogP contribution < -0.4 is 21.3 Å². The van der Waals surface area contributed by atoms with Gasteiger partial charge < -0.3 is 10.4 Å². The number of aryl methyl sites for hydroxylation is 1. The van der Waals surface area contributed by atoms with Gasteiger partial charge in [-0.25, -0.2) is 10.2 Å². The summed E-state index contributed by atoms with van der Waals surface area (Å²) in [5, 5.41) is 15.9. The fourth-order valence-electron chi connectivity index (χ4n) is 3.50. The maximum Gasteiger partial charge on any atom is 0.335 e. The van der Waals surface area contributed by atoms with Crippen molar-refractivity contribution in [2.24, 2.45) is 0 Å². The fourth-order valence-corrected chi connectivity index (χ4v) is 4.72. The molecule has 2 heterocycles. The Balaban J connectivity index is 1.52. The molecular weight excluding hydrogens is 390 g/mol. The first-order valence-corrected chi connectivity index (χ1v) is 10.5. The monoisotopic (exact) mass is 413 g/mol. The van der Waals surface area contributed by atoms with Crippen molar-refractivity contribution in [3.05, 3.63) is 59.7 Å². The minimum atomic E-state index is -0.956. The van der Waals surface area contributed by atoms with Crippen LogP contribution in [0.4, 0.5) is 11.4 Å². The van der Waals surface area contributed by atoms with Crippen LogP contribution >= 0.6 is 11.8 Å². The molecule has 0 aliphatic carbocycles. The number of benzene rings is 2. The minimum Gasteiger partial charge on any atom is -0.478 e. The number of nitrogens with one attached hydrogen (secondary N) is 3. The standard InChI is InChI=1S/C20H23N5O3S/c1-2-24-23-22-20(25(24)15-10-7-14(8-11-15)19(27)28)29-17-12-9-13-5-3-4-6-16(13)21-18(17)26/h3-8,10-11,17,20,22-23H,2,9,12H2,1H3,(H,21,26)(H,27,28). The quantitative estimate of drug-likeness (QED) is 0.594. The lowest BCUT2D eigenvalue weighted by atomic mass is 10.1. The molecule has 152 valence electrons. The molecule has 1 saturated heterocycles. The molecule has 0 aromatic heterocycles. The molecule has 2 aliphatic heterocycles. The number of para-hydroxylation sites is 1. The van der Waals surface area contributed by atoms with Gasteiger partial charge in [-0.1, -0.05) is 18.2 Å². The Morgan fingerprint density at radius 3 is 2.69 bits per heavy atom. The van der Waals surface area contributed by atoms with Gasteiger partial charge in [-0.2, -0.15) is 5.53 Å². The Kier molecular flexibility index (Phi) is 5.72. The third-order valence-corrected chi connectivity index (χ3v) is 6.37. The van der Waals surface area contributed by atoms with Crippen LogP contribution in [-0.2, 0) is 11.2 Å². The summed E-state index contributed by atoms with van der Waals surface area (Å²) in [6.45, 7) is 2.70. The Bertz CT molecular complexity index is 907. The van der Waals surface area contributed by atoms with Crippen molar-refractivity contribution in [3.63, 3.8) is 0 Å². The van der Waals surface area contributed by atoms with Crippen molar-refractivity contribution in [1.82, 2.24) is 16.1 Å². The molecule has 0 saturated carbocycles. The van der Waals surface area contributed by atoms with Crippen molar-refractivity contribution in [3.8, 4) is 0 Å². The lowest BCUT2D eigenvalue weighted by Gasteiger charge is -2.31. The van der Waals surface area contributed by atoms with Gasteiger partial charge in [0.15, 0.2) is 5.50 Å². The van der Waals surface area contributed by atoms with Gasteiger partial charge in [0.05, 0.1) is 16.5 Å². The normalized spacial score (nSPS) is 22.1. The van der Waals surface area contributed by atoms with E-state index < -0.39 is 5.97 Å². The number of hydrazine groups is 3. The maximum atomic E-state index is 12.8. The van der Waals surface area contributed by atoms with Gasteiger partial charge in [-0.05, 0) is 55.7 Å². The highest BCUT2D eigenvalue weighted by Crippen LogP contribution is 2.33. The average molecular weight is 414 g/mol. The molecule has 4 N–H and O–H groups in total. The number of carbonyl (C=O) groups is 2. The summed E-state index contributed by atoms with van der Waals surface area (Å²) < 4.78 is 0. The van der Waals surface area contributed by atoms with Crippen LogP contribution in [0, 0.1) is 0 Å². The molecule has 2 aromatic carbocycles. The highest BCUT2D eigenvalue weighted by molar-refractivity contribution is 8.01. The van der Waals surface area contributed by atoms with Crippen LogP contribution in [0.2, 0.25) is 0 Å². The first-order chi connectivity index (χ1) is 14.1. The molecule has 9 heteroatoms. The smallest absolute Gasteiger partial charge is 0.335 e. The zero-order chi connectivity index (χ0) is 20.4. The van der Waals surface area contributed by atoms with Crippen LogP contribution in [0.15, 0.2) is 48.5 Å². The lowest BCUT2D eigenvalue weighted by molar-refractivity contribution is -0.115. The van der Waals surface area contributed by atoms with Crippen molar-refractivity contribution in [1.29, 1.82) is 0 Å². The molecule has 2 aliphatic rings. The topological polar surface area (TPSA) is 96.9 Å². The number of rotatable bonds is 5. The first-order valence-electron chi connectivity index (χ1n) is 9.52. The molecule has 8 nitrogen and oxygen atoms in total. The highest BCUT2D eigenvalue weighted by Gasteiger charge is 2.36. The van der Waals surface area contributed by atoms with Gasteiger partial charge in [0.25, 0.3) is 0 Å². The van der Waals surface area contributed by atoms with Crippen LogP contribution in [0.25, 0.3) is 0 Å². The Hall–Kier alpha value is -2.59. The van der Waals surface area contributed by atoms with E-state index in [0.29, 0.717) is 6.54 Å². The second kappa shape index (κ2) is 8.42. The van der Waals surface area contributed by atoms with Crippen LogP contribution in [-0.4, -0.2) is 39.4 Å². The zero-order valence-electron chi connectivity index (χ0n) is 16.0. The maximum absolute atomic E-state index is 12.8. The van der Waals surface area contributed by atoms with Gasteiger partial charge in [0.2, 0.25) is 5.91 Å². The number of carbonyl (C=O) groups excluding carboxylic acids is 1. The number of nitrogens with zero attached hydrogens (tertiary/aromatic N) is 2. The van der Waals surface area contributed by atoms with E-state index in [1.54, 1.807) is 24.3 Å². The lowest BCUT2D eigenvalue weighted by Crippen LogP contribution is -2.44. The first kappa shape index (κ1) is 19.7. The predicted molar refractivity (Wildman–Crippen MR) is 113 cm³/mol. The predicted octanol–water partition coefficient (Wildman–Crippen LogP) is 2.42. The highest BCUT2D eigenvalue weighted by atomic mass is 32.2. The largest absolute Gasteiger partial charge is 0.478 e. The number of amides is 1. The van der Waals surface area contributed by atoms with Crippen LogP contribution in [0.3, 0.4) is 0 Å². The third kappa shape index (κ3) is 4.08. The molecule has 1 amide bonds. The molecule has 0 spiro atoms. The minimum absolute atomic E-state index is 0.00197. The molecule has 0 radical (unpaired) electrons. The van der Waals surface area contributed by atoms with E-state index in [1.807, 2.05) is 41.3 Å². The van der Waals surface area contributed by atoms with E-state index in [-0.39, 0.29) is 22.2 Å². The van der Waals surface area contributed by atoms with E-state index in [2.05, 4.69) is 16.3 Å². The summed E-state index contributed by atoms with van der Waals surface area (Å²) in [6, 6.07) is 14.6. The molecule has 29 heavy (non-hydrogen) atoms. The molecule has 4 rings (SSSR count). The fraction of sp³-hybridized carbons (Fsp3) is 0.300. The van der Waals surface area contributed by atoms with Gasteiger partial charge in [-0.15, -0.1) is 16.9 Å². The summed E-state index contributed by atoms with van der Waals surface area (Å²) in [5.74, 6) is -0.958. The zero-order valence-corrected chi connectivity index (χ0v) is 16.8. The van der Waals surface area contributed by atoms with Crippen LogP contribution in [0.1, 0.15) is 29.3 Å². The molecule has 0 bridgehead atoms. The Labute approximate surface area is 173 Å². The van der Waals surface area contributed by atoms with E-state index in [4.69, 9.17) is 5.11 Å².